The number of halogens is 2. The smallest absolute Gasteiger partial charge is 0.175 e. The Bertz CT molecular complexity index is 369. The fraction of sp³-hybridized carbons (Fsp3) is 0.538. The van der Waals surface area contributed by atoms with Gasteiger partial charge in [-0.15, -0.1) is 0 Å². The minimum absolute atomic E-state index is 0.516. The molecule has 0 unspecified atom stereocenters. The van der Waals surface area contributed by atoms with E-state index >= 15 is 0 Å². The molecule has 1 rings (SSSR count). The van der Waals surface area contributed by atoms with Gasteiger partial charge in [0.25, 0.3) is 0 Å². The van der Waals surface area contributed by atoms with Crippen LogP contribution in [0.1, 0.15) is 18.9 Å². The van der Waals surface area contributed by atoms with Crippen LogP contribution in [0.3, 0.4) is 0 Å². The Morgan fingerprint density at radius 3 is 2.56 bits per heavy atom. The van der Waals surface area contributed by atoms with Crippen LogP contribution in [0.4, 0.5) is 0 Å². The molecule has 0 aliphatic carbocycles. The summed E-state index contributed by atoms with van der Waals surface area (Å²) in [6.07, 6.45) is 1.02. The second kappa shape index (κ2) is 8.77. The van der Waals surface area contributed by atoms with Gasteiger partial charge in [0.1, 0.15) is 6.61 Å². The van der Waals surface area contributed by atoms with E-state index in [1.807, 2.05) is 12.1 Å². The van der Waals surface area contributed by atoms with Crippen LogP contribution in [-0.4, -0.2) is 26.9 Å². The molecular weight excluding hydrogens is 364 g/mol. The maximum atomic E-state index is 5.69. The lowest BCUT2D eigenvalue weighted by Crippen LogP contribution is -2.08. The zero-order valence-corrected chi connectivity index (χ0v) is 13.8. The molecule has 0 bridgehead atoms. The SMILES string of the molecule is CCCOCCOc1c(Br)cc(CBr)cc1OC. The second-order valence-corrected chi connectivity index (χ2v) is 5.12. The lowest BCUT2D eigenvalue weighted by Gasteiger charge is -2.13. The van der Waals surface area contributed by atoms with Gasteiger partial charge >= 0.3 is 0 Å². The topological polar surface area (TPSA) is 27.7 Å². The van der Waals surface area contributed by atoms with Gasteiger partial charge in [0.15, 0.2) is 11.5 Å². The van der Waals surface area contributed by atoms with E-state index in [1.165, 1.54) is 0 Å². The maximum absolute atomic E-state index is 5.69. The van der Waals surface area contributed by atoms with E-state index in [0.29, 0.717) is 13.2 Å². The van der Waals surface area contributed by atoms with Crippen molar-refractivity contribution in [1.82, 2.24) is 0 Å². The number of alkyl halides is 1. The van der Waals surface area contributed by atoms with Gasteiger partial charge < -0.3 is 14.2 Å². The average molecular weight is 382 g/mol. The van der Waals surface area contributed by atoms with Gasteiger partial charge in [0.05, 0.1) is 18.2 Å². The lowest BCUT2D eigenvalue weighted by atomic mass is 10.2. The second-order valence-electron chi connectivity index (χ2n) is 3.70. The van der Waals surface area contributed by atoms with Crippen LogP contribution in [0, 0.1) is 0 Å². The number of ether oxygens (including phenoxy) is 3. The summed E-state index contributed by atoms with van der Waals surface area (Å²) in [6.45, 7) is 3.95. The van der Waals surface area contributed by atoms with E-state index in [-0.39, 0.29) is 0 Å². The summed E-state index contributed by atoms with van der Waals surface area (Å²) in [6, 6.07) is 3.97. The van der Waals surface area contributed by atoms with E-state index < -0.39 is 0 Å². The van der Waals surface area contributed by atoms with Gasteiger partial charge in [-0.1, -0.05) is 22.9 Å². The van der Waals surface area contributed by atoms with Gasteiger partial charge in [0, 0.05) is 11.9 Å². The highest BCUT2D eigenvalue weighted by Gasteiger charge is 2.11. The summed E-state index contributed by atoms with van der Waals surface area (Å²) in [5, 5.41) is 0.780. The number of rotatable bonds is 8. The van der Waals surface area contributed by atoms with Crippen molar-refractivity contribution in [2.24, 2.45) is 0 Å². The van der Waals surface area contributed by atoms with Crippen molar-refractivity contribution < 1.29 is 14.2 Å². The minimum Gasteiger partial charge on any atom is -0.493 e. The third-order valence-electron chi connectivity index (χ3n) is 2.27. The molecule has 0 amide bonds. The fourth-order valence-corrected chi connectivity index (χ4v) is 2.37. The molecule has 0 aromatic heterocycles. The highest BCUT2D eigenvalue weighted by molar-refractivity contribution is 9.10. The number of hydrogen-bond acceptors (Lipinski definition) is 3. The van der Waals surface area contributed by atoms with Gasteiger partial charge in [-0.05, 0) is 40.0 Å². The standard InChI is InChI=1S/C13H18Br2O3/c1-3-4-17-5-6-18-13-11(15)7-10(9-14)8-12(13)16-2/h7-8H,3-6,9H2,1-2H3. The largest absolute Gasteiger partial charge is 0.493 e. The van der Waals surface area contributed by atoms with Crippen LogP contribution in [0.25, 0.3) is 0 Å². The van der Waals surface area contributed by atoms with Crippen LogP contribution >= 0.6 is 31.9 Å². The molecule has 1 aromatic carbocycles. The molecule has 0 atom stereocenters. The summed E-state index contributed by atoms with van der Waals surface area (Å²) in [7, 11) is 1.64. The minimum atomic E-state index is 0.516. The van der Waals surface area contributed by atoms with Crippen LogP contribution in [0.5, 0.6) is 11.5 Å². The van der Waals surface area contributed by atoms with E-state index in [4.69, 9.17) is 14.2 Å². The predicted octanol–water partition coefficient (Wildman–Crippen LogP) is 4.16. The summed E-state index contributed by atoms with van der Waals surface area (Å²) in [4.78, 5) is 0. The third-order valence-corrected chi connectivity index (χ3v) is 3.50. The molecule has 0 aliphatic rings. The van der Waals surface area contributed by atoms with Gasteiger partial charge in [-0.25, -0.2) is 0 Å². The summed E-state index contributed by atoms with van der Waals surface area (Å²) >= 11 is 6.92. The van der Waals surface area contributed by atoms with Crippen molar-refractivity contribution in [3.8, 4) is 11.5 Å². The first-order valence-electron chi connectivity index (χ1n) is 5.85. The monoisotopic (exact) mass is 380 g/mol. The Balaban J connectivity index is 2.63. The molecule has 18 heavy (non-hydrogen) atoms. The molecule has 0 N–H and O–H groups in total. The summed E-state index contributed by atoms with van der Waals surface area (Å²) in [5.41, 5.74) is 1.13. The molecule has 0 saturated heterocycles. The molecule has 0 fully saturated rings. The zero-order valence-electron chi connectivity index (χ0n) is 10.7. The Hall–Kier alpha value is -0.260. The Morgan fingerprint density at radius 2 is 1.94 bits per heavy atom. The van der Waals surface area contributed by atoms with Crippen LogP contribution in [-0.2, 0) is 10.1 Å². The first-order valence-corrected chi connectivity index (χ1v) is 7.77. The summed E-state index contributed by atoms with van der Waals surface area (Å²) in [5.74, 6) is 1.46. The number of hydrogen-bond donors (Lipinski definition) is 0. The van der Waals surface area contributed by atoms with Gasteiger partial charge in [-0.3, -0.25) is 0 Å². The van der Waals surface area contributed by atoms with Crippen LogP contribution in [0.2, 0.25) is 0 Å². The molecule has 0 aliphatic heterocycles. The van der Waals surface area contributed by atoms with Crippen LogP contribution < -0.4 is 9.47 Å². The van der Waals surface area contributed by atoms with Crippen molar-refractivity contribution in [3.63, 3.8) is 0 Å². The van der Waals surface area contributed by atoms with E-state index in [9.17, 15) is 0 Å². The van der Waals surface area contributed by atoms with Gasteiger partial charge in [-0.2, -0.15) is 0 Å². The summed E-state index contributed by atoms with van der Waals surface area (Å²) < 4.78 is 17.3. The van der Waals surface area contributed by atoms with Crippen molar-refractivity contribution in [2.45, 2.75) is 18.7 Å². The van der Waals surface area contributed by atoms with Crippen LogP contribution in [0.15, 0.2) is 16.6 Å². The molecule has 0 heterocycles. The Kier molecular flexibility index (Phi) is 7.70. The quantitative estimate of drug-likeness (QED) is 0.499. The van der Waals surface area contributed by atoms with E-state index in [0.717, 1.165) is 39.9 Å². The molecule has 5 heteroatoms. The number of methoxy groups -OCH3 is 1. The normalized spacial score (nSPS) is 10.4. The van der Waals surface area contributed by atoms with Crippen molar-refractivity contribution >= 4 is 31.9 Å². The molecule has 0 radical (unpaired) electrons. The molecule has 3 nitrogen and oxygen atoms in total. The molecule has 0 saturated carbocycles. The average Bonchev–Trinajstić information content (AvgIpc) is 2.39. The van der Waals surface area contributed by atoms with Crippen molar-refractivity contribution in [2.75, 3.05) is 26.9 Å². The maximum Gasteiger partial charge on any atom is 0.175 e. The molecule has 0 spiro atoms. The highest BCUT2D eigenvalue weighted by Crippen LogP contribution is 2.37. The molecular formula is C13H18Br2O3. The number of benzene rings is 1. The Labute approximate surface area is 125 Å². The highest BCUT2D eigenvalue weighted by atomic mass is 79.9. The van der Waals surface area contributed by atoms with Gasteiger partial charge in [0.2, 0.25) is 0 Å². The zero-order chi connectivity index (χ0) is 13.4. The first kappa shape index (κ1) is 15.8. The lowest BCUT2D eigenvalue weighted by molar-refractivity contribution is 0.0992. The van der Waals surface area contributed by atoms with E-state index in [1.54, 1.807) is 7.11 Å². The Morgan fingerprint density at radius 1 is 1.17 bits per heavy atom. The first-order chi connectivity index (χ1) is 8.72. The predicted molar refractivity (Wildman–Crippen MR) is 79.9 cm³/mol. The molecule has 1 aromatic rings. The van der Waals surface area contributed by atoms with Crippen molar-refractivity contribution in [3.05, 3.63) is 22.2 Å². The van der Waals surface area contributed by atoms with Crippen molar-refractivity contribution in [1.29, 1.82) is 0 Å². The third kappa shape index (κ3) is 4.78. The fourth-order valence-electron chi connectivity index (χ4n) is 1.44. The molecule has 102 valence electrons. The van der Waals surface area contributed by atoms with E-state index in [2.05, 4.69) is 38.8 Å².